The number of aliphatic hydroxyl groups is 1. The van der Waals surface area contributed by atoms with E-state index in [1.165, 1.54) is 0 Å². The molecule has 4 rings (SSSR count). The second-order valence-electron chi connectivity index (χ2n) is 8.02. The molecule has 28 heavy (non-hydrogen) atoms. The summed E-state index contributed by atoms with van der Waals surface area (Å²) < 4.78 is 0. The van der Waals surface area contributed by atoms with Gasteiger partial charge in [0.2, 0.25) is 11.8 Å². The fourth-order valence-corrected chi connectivity index (χ4v) is 4.45. The topological polar surface area (TPSA) is 116 Å². The van der Waals surface area contributed by atoms with Crippen molar-refractivity contribution >= 4 is 17.7 Å². The van der Waals surface area contributed by atoms with Gasteiger partial charge in [0.1, 0.15) is 6.04 Å². The Hall–Kier alpha value is -2.29. The first-order valence-electron chi connectivity index (χ1n) is 9.81. The molecule has 8 heteroatoms. The van der Waals surface area contributed by atoms with Crippen LogP contribution in [-0.2, 0) is 22.7 Å². The number of carbonyl (C=O) groups excluding carboxylic acids is 3. The van der Waals surface area contributed by atoms with Crippen molar-refractivity contribution in [1.82, 2.24) is 15.1 Å². The number of fused-ring (bicyclic) bond motifs is 1. The SMILES string of the molecule is N[C@@H]1CCN(Cc2ccc3c(c2)CN(C2CCC(=O)NC2=O)C3=O)C[C@H]1CO. The molecule has 4 N–H and O–H groups in total. The molecule has 1 aromatic carbocycles. The van der Waals surface area contributed by atoms with E-state index in [1.54, 1.807) is 4.90 Å². The average Bonchev–Trinajstić information content (AvgIpc) is 2.99. The van der Waals surface area contributed by atoms with Gasteiger partial charge in [-0.3, -0.25) is 24.6 Å². The highest BCUT2D eigenvalue weighted by Crippen LogP contribution is 2.29. The quantitative estimate of drug-likeness (QED) is 0.606. The maximum atomic E-state index is 12.8. The van der Waals surface area contributed by atoms with Gasteiger partial charge >= 0.3 is 0 Å². The van der Waals surface area contributed by atoms with Crippen LogP contribution in [0, 0.1) is 5.92 Å². The molecular weight excluding hydrogens is 360 g/mol. The van der Waals surface area contributed by atoms with Gasteiger partial charge in [-0.1, -0.05) is 12.1 Å². The normalized spacial score (nSPS) is 28.4. The summed E-state index contributed by atoms with van der Waals surface area (Å²) in [5.74, 6) is -0.736. The smallest absolute Gasteiger partial charge is 0.255 e. The summed E-state index contributed by atoms with van der Waals surface area (Å²) in [5.41, 5.74) is 8.70. The third kappa shape index (κ3) is 3.55. The van der Waals surface area contributed by atoms with Crippen LogP contribution in [0.4, 0.5) is 0 Å². The summed E-state index contributed by atoms with van der Waals surface area (Å²) in [4.78, 5) is 40.1. The molecule has 0 aliphatic carbocycles. The second-order valence-corrected chi connectivity index (χ2v) is 8.02. The fourth-order valence-electron chi connectivity index (χ4n) is 4.45. The molecule has 0 saturated carbocycles. The highest BCUT2D eigenvalue weighted by molar-refractivity contribution is 6.05. The van der Waals surface area contributed by atoms with Crippen LogP contribution in [-0.4, -0.2) is 64.4 Å². The summed E-state index contributed by atoms with van der Waals surface area (Å²) in [5, 5.41) is 11.8. The van der Waals surface area contributed by atoms with Crippen molar-refractivity contribution in [3.63, 3.8) is 0 Å². The number of carbonyl (C=O) groups is 3. The van der Waals surface area contributed by atoms with Crippen molar-refractivity contribution in [2.75, 3.05) is 19.7 Å². The van der Waals surface area contributed by atoms with E-state index in [9.17, 15) is 19.5 Å². The van der Waals surface area contributed by atoms with E-state index in [0.29, 0.717) is 18.5 Å². The monoisotopic (exact) mass is 386 g/mol. The first kappa shape index (κ1) is 19.0. The Kier molecular flexibility index (Phi) is 5.18. The van der Waals surface area contributed by atoms with Crippen LogP contribution in [0.3, 0.4) is 0 Å². The number of hydrogen-bond acceptors (Lipinski definition) is 6. The van der Waals surface area contributed by atoms with Crippen molar-refractivity contribution < 1.29 is 19.5 Å². The molecule has 1 unspecified atom stereocenters. The van der Waals surface area contributed by atoms with Gasteiger partial charge in [0.05, 0.1) is 0 Å². The molecule has 2 saturated heterocycles. The predicted molar refractivity (Wildman–Crippen MR) is 101 cm³/mol. The van der Waals surface area contributed by atoms with E-state index in [-0.39, 0.29) is 36.8 Å². The number of rotatable bonds is 4. The van der Waals surface area contributed by atoms with E-state index in [2.05, 4.69) is 10.2 Å². The Balaban J connectivity index is 1.45. The first-order chi connectivity index (χ1) is 13.5. The van der Waals surface area contributed by atoms with Crippen molar-refractivity contribution in [1.29, 1.82) is 0 Å². The third-order valence-corrected chi connectivity index (χ3v) is 6.11. The fraction of sp³-hybridized carbons (Fsp3) is 0.550. The van der Waals surface area contributed by atoms with Gasteiger partial charge in [-0.05, 0) is 36.6 Å². The van der Waals surface area contributed by atoms with Crippen LogP contribution in [0.5, 0.6) is 0 Å². The van der Waals surface area contributed by atoms with Gasteiger partial charge in [0.15, 0.2) is 0 Å². The molecule has 1 aromatic rings. The van der Waals surface area contributed by atoms with Gasteiger partial charge in [-0.25, -0.2) is 0 Å². The van der Waals surface area contributed by atoms with Crippen LogP contribution in [0.15, 0.2) is 18.2 Å². The number of likely N-dealkylation sites (tertiary alicyclic amines) is 1. The standard InChI is InChI=1S/C20H26N4O4/c21-16-5-6-23(9-14(16)11-25)8-12-1-2-15-13(7-12)10-24(20(15)28)17-3-4-18(26)22-19(17)27/h1-2,7,14,16-17,25H,3-6,8-11,21H2,(H,22,26,27)/t14-,16+,17?/m0/s1. The Morgan fingerprint density at radius 1 is 1.21 bits per heavy atom. The average molecular weight is 386 g/mol. The zero-order valence-corrected chi connectivity index (χ0v) is 15.8. The molecule has 2 fully saturated rings. The molecule has 3 aliphatic rings. The minimum atomic E-state index is -0.588. The zero-order chi connectivity index (χ0) is 19.8. The van der Waals surface area contributed by atoms with Crippen molar-refractivity contribution in [3.05, 3.63) is 34.9 Å². The molecule has 0 bridgehead atoms. The Morgan fingerprint density at radius 2 is 2.04 bits per heavy atom. The molecule has 3 heterocycles. The lowest BCUT2D eigenvalue weighted by molar-refractivity contribution is -0.136. The summed E-state index contributed by atoms with van der Waals surface area (Å²) >= 11 is 0. The molecular formula is C20H26N4O4. The number of imide groups is 1. The Bertz CT molecular complexity index is 811. The van der Waals surface area contributed by atoms with Gasteiger partial charge in [0.25, 0.3) is 5.91 Å². The van der Waals surface area contributed by atoms with Crippen molar-refractivity contribution in [2.45, 2.75) is 44.4 Å². The predicted octanol–water partition coefficient (Wildman–Crippen LogP) is -0.411. The molecule has 150 valence electrons. The highest BCUT2D eigenvalue weighted by atomic mass is 16.3. The summed E-state index contributed by atoms with van der Waals surface area (Å²) in [6.07, 6.45) is 1.48. The number of benzene rings is 1. The maximum absolute atomic E-state index is 12.8. The largest absolute Gasteiger partial charge is 0.396 e. The van der Waals surface area contributed by atoms with Crippen LogP contribution in [0.25, 0.3) is 0 Å². The first-order valence-corrected chi connectivity index (χ1v) is 9.81. The number of nitrogens with one attached hydrogen (secondary N) is 1. The van der Waals surface area contributed by atoms with E-state index in [0.717, 1.165) is 37.2 Å². The lowest BCUT2D eigenvalue weighted by Gasteiger charge is -2.36. The summed E-state index contributed by atoms with van der Waals surface area (Å²) in [6, 6.07) is 5.27. The van der Waals surface area contributed by atoms with E-state index in [1.807, 2.05) is 18.2 Å². The van der Waals surface area contributed by atoms with Gasteiger partial charge < -0.3 is 15.7 Å². The number of aliphatic hydroxyl groups excluding tert-OH is 1. The molecule has 3 amide bonds. The molecule has 0 radical (unpaired) electrons. The molecule has 0 spiro atoms. The number of nitrogens with two attached hydrogens (primary N) is 1. The molecule has 3 atom stereocenters. The van der Waals surface area contributed by atoms with Crippen LogP contribution in [0.2, 0.25) is 0 Å². The van der Waals surface area contributed by atoms with E-state index in [4.69, 9.17) is 5.73 Å². The lowest BCUT2D eigenvalue weighted by Crippen LogP contribution is -2.52. The van der Waals surface area contributed by atoms with Gasteiger partial charge in [0, 0.05) is 50.2 Å². The van der Waals surface area contributed by atoms with Crippen molar-refractivity contribution in [3.8, 4) is 0 Å². The van der Waals surface area contributed by atoms with Gasteiger partial charge in [-0.15, -0.1) is 0 Å². The highest BCUT2D eigenvalue weighted by Gasteiger charge is 2.39. The van der Waals surface area contributed by atoms with E-state index < -0.39 is 11.9 Å². The number of piperidine rings is 2. The molecule has 3 aliphatic heterocycles. The van der Waals surface area contributed by atoms with Crippen LogP contribution < -0.4 is 11.1 Å². The third-order valence-electron chi connectivity index (χ3n) is 6.11. The van der Waals surface area contributed by atoms with Crippen LogP contribution in [0.1, 0.15) is 40.7 Å². The molecule has 8 nitrogen and oxygen atoms in total. The van der Waals surface area contributed by atoms with Crippen LogP contribution >= 0.6 is 0 Å². The van der Waals surface area contributed by atoms with E-state index >= 15 is 0 Å². The minimum Gasteiger partial charge on any atom is -0.396 e. The maximum Gasteiger partial charge on any atom is 0.255 e. The Labute approximate surface area is 163 Å². The minimum absolute atomic E-state index is 0.0426. The second kappa shape index (κ2) is 7.62. The summed E-state index contributed by atoms with van der Waals surface area (Å²) in [7, 11) is 0. The van der Waals surface area contributed by atoms with Crippen molar-refractivity contribution in [2.24, 2.45) is 11.7 Å². The Morgan fingerprint density at radius 3 is 2.79 bits per heavy atom. The number of hydrogen-bond donors (Lipinski definition) is 3. The molecule has 0 aromatic heterocycles. The van der Waals surface area contributed by atoms with Gasteiger partial charge in [-0.2, -0.15) is 0 Å². The summed E-state index contributed by atoms with van der Waals surface area (Å²) in [6.45, 7) is 2.87. The lowest BCUT2D eigenvalue weighted by atomic mass is 9.93. The number of amides is 3. The number of nitrogens with zero attached hydrogens (tertiary/aromatic N) is 2. The zero-order valence-electron chi connectivity index (χ0n) is 15.8.